The zero-order chi connectivity index (χ0) is 22.1. The van der Waals surface area contributed by atoms with E-state index in [-0.39, 0.29) is 18.5 Å². The monoisotopic (exact) mass is 427 g/mol. The summed E-state index contributed by atoms with van der Waals surface area (Å²) in [6.45, 7) is 4.20. The van der Waals surface area contributed by atoms with E-state index in [1.165, 1.54) is 0 Å². The molecule has 1 saturated carbocycles. The van der Waals surface area contributed by atoms with Crippen LogP contribution < -0.4 is 0 Å². The first kappa shape index (κ1) is 20.2. The van der Waals surface area contributed by atoms with Gasteiger partial charge in [0.2, 0.25) is 11.8 Å². The van der Waals surface area contributed by atoms with Crippen molar-refractivity contribution in [3.05, 3.63) is 84.0 Å². The van der Waals surface area contributed by atoms with Crippen LogP contribution in [0, 0.1) is 0 Å². The molecule has 0 atom stereocenters. The molecule has 4 aromatic rings. The van der Waals surface area contributed by atoms with Gasteiger partial charge >= 0.3 is 0 Å². The molecule has 0 aliphatic heterocycles. The van der Waals surface area contributed by atoms with Gasteiger partial charge in [-0.2, -0.15) is 5.10 Å². The van der Waals surface area contributed by atoms with Gasteiger partial charge in [0.25, 0.3) is 5.91 Å². The molecule has 2 heterocycles. The van der Waals surface area contributed by atoms with Crippen LogP contribution in [0.2, 0.25) is 0 Å². The van der Waals surface area contributed by atoms with Crippen molar-refractivity contribution in [2.45, 2.75) is 45.2 Å². The second-order valence-electron chi connectivity index (χ2n) is 8.37. The summed E-state index contributed by atoms with van der Waals surface area (Å²) in [6, 6.07) is 21.3. The topological polar surface area (TPSA) is 77.1 Å². The van der Waals surface area contributed by atoms with E-state index < -0.39 is 0 Å². The average molecular weight is 428 g/mol. The maximum absolute atomic E-state index is 13.7. The molecule has 0 saturated heterocycles. The third-order valence-electron chi connectivity index (χ3n) is 5.62. The maximum atomic E-state index is 13.7. The van der Waals surface area contributed by atoms with Crippen molar-refractivity contribution in [2.24, 2.45) is 0 Å². The van der Waals surface area contributed by atoms with Crippen molar-refractivity contribution in [2.75, 3.05) is 0 Å². The molecule has 5 rings (SSSR count). The normalized spacial score (nSPS) is 13.5. The van der Waals surface area contributed by atoms with E-state index in [9.17, 15) is 4.79 Å². The molecule has 2 aromatic carbocycles. The number of aromatic nitrogens is 4. The molecule has 0 bridgehead atoms. The Morgan fingerprint density at radius 1 is 1.06 bits per heavy atom. The molecule has 1 fully saturated rings. The summed E-state index contributed by atoms with van der Waals surface area (Å²) >= 11 is 0. The summed E-state index contributed by atoms with van der Waals surface area (Å²) < 4.78 is 7.62. The largest absolute Gasteiger partial charge is 0.419 e. The van der Waals surface area contributed by atoms with Crippen LogP contribution >= 0.6 is 0 Å². The SMILES string of the molecule is CC(C)N(Cc1nnc(-c2ccccc2)o1)C(=O)c1cc(C2CC2)nn1-c1ccccc1. The van der Waals surface area contributed by atoms with Crippen molar-refractivity contribution in [1.82, 2.24) is 24.9 Å². The average Bonchev–Trinajstić information content (AvgIpc) is 3.40. The second kappa shape index (κ2) is 8.42. The molecule has 0 spiro atoms. The molecule has 0 unspecified atom stereocenters. The first-order valence-corrected chi connectivity index (χ1v) is 10.9. The van der Waals surface area contributed by atoms with Gasteiger partial charge in [0.05, 0.1) is 17.9 Å². The van der Waals surface area contributed by atoms with Crippen molar-refractivity contribution in [1.29, 1.82) is 0 Å². The summed E-state index contributed by atoms with van der Waals surface area (Å²) in [6.07, 6.45) is 2.25. The fraction of sp³-hybridized carbons (Fsp3) is 0.280. The van der Waals surface area contributed by atoms with E-state index >= 15 is 0 Å². The minimum atomic E-state index is -0.109. The quantitative estimate of drug-likeness (QED) is 0.421. The van der Waals surface area contributed by atoms with Gasteiger partial charge in [-0.3, -0.25) is 4.79 Å². The van der Waals surface area contributed by atoms with Crippen molar-refractivity contribution < 1.29 is 9.21 Å². The van der Waals surface area contributed by atoms with Crippen molar-refractivity contribution in [3.8, 4) is 17.1 Å². The molecule has 1 amide bonds. The summed E-state index contributed by atoms with van der Waals surface area (Å²) in [5, 5.41) is 13.1. The van der Waals surface area contributed by atoms with Gasteiger partial charge in [0.15, 0.2) is 0 Å². The van der Waals surface area contributed by atoms with E-state index in [1.807, 2.05) is 80.6 Å². The summed E-state index contributed by atoms with van der Waals surface area (Å²) in [7, 11) is 0. The number of benzene rings is 2. The summed E-state index contributed by atoms with van der Waals surface area (Å²) in [5.74, 6) is 1.19. The molecule has 1 aliphatic carbocycles. The smallest absolute Gasteiger partial charge is 0.273 e. The molecule has 7 heteroatoms. The Labute approximate surface area is 186 Å². The lowest BCUT2D eigenvalue weighted by atomic mass is 10.2. The Hall–Kier alpha value is -3.74. The zero-order valence-corrected chi connectivity index (χ0v) is 18.2. The van der Waals surface area contributed by atoms with Gasteiger partial charge in [0, 0.05) is 17.5 Å². The number of hydrogen-bond donors (Lipinski definition) is 0. The molecule has 162 valence electrons. The lowest BCUT2D eigenvalue weighted by Crippen LogP contribution is -2.37. The van der Waals surface area contributed by atoms with Crippen LogP contribution in [0.5, 0.6) is 0 Å². The van der Waals surface area contributed by atoms with Crippen LogP contribution in [0.1, 0.15) is 54.7 Å². The number of amides is 1. The number of nitrogens with zero attached hydrogens (tertiary/aromatic N) is 5. The van der Waals surface area contributed by atoms with Crippen LogP contribution in [0.3, 0.4) is 0 Å². The fourth-order valence-electron chi connectivity index (χ4n) is 3.69. The molecule has 0 N–H and O–H groups in total. The standard InChI is InChI=1S/C25H25N5O2/c1-17(2)29(16-23-26-27-24(32-23)19-9-5-3-6-10-19)25(31)22-15-21(18-13-14-18)28-30(22)20-11-7-4-8-12-20/h3-12,15,17-18H,13-14,16H2,1-2H3. The molecule has 7 nitrogen and oxygen atoms in total. The van der Waals surface area contributed by atoms with E-state index in [0.29, 0.717) is 23.4 Å². The molecule has 2 aromatic heterocycles. The van der Waals surface area contributed by atoms with Crippen molar-refractivity contribution >= 4 is 5.91 Å². The highest BCUT2D eigenvalue weighted by atomic mass is 16.4. The number of para-hydroxylation sites is 1. The number of rotatable bonds is 7. The second-order valence-corrected chi connectivity index (χ2v) is 8.37. The van der Waals surface area contributed by atoms with Crippen LogP contribution in [0.25, 0.3) is 17.1 Å². The van der Waals surface area contributed by atoms with E-state index in [2.05, 4.69) is 10.2 Å². The van der Waals surface area contributed by atoms with E-state index in [1.54, 1.807) is 9.58 Å². The van der Waals surface area contributed by atoms with Crippen molar-refractivity contribution in [3.63, 3.8) is 0 Å². The van der Waals surface area contributed by atoms with Crippen LogP contribution in [-0.4, -0.2) is 36.8 Å². The fourth-order valence-corrected chi connectivity index (χ4v) is 3.69. The van der Waals surface area contributed by atoms with Gasteiger partial charge < -0.3 is 9.32 Å². The number of carbonyl (C=O) groups excluding carboxylic acids is 1. The van der Waals surface area contributed by atoms with E-state index in [0.717, 1.165) is 29.8 Å². The van der Waals surface area contributed by atoms with E-state index in [4.69, 9.17) is 9.52 Å². The third-order valence-corrected chi connectivity index (χ3v) is 5.62. The lowest BCUT2D eigenvalue weighted by molar-refractivity contribution is 0.0663. The van der Waals surface area contributed by atoms with Crippen LogP contribution in [0.4, 0.5) is 0 Å². The highest BCUT2D eigenvalue weighted by Gasteiger charge is 2.31. The highest BCUT2D eigenvalue weighted by Crippen LogP contribution is 2.40. The molecule has 32 heavy (non-hydrogen) atoms. The molecule has 1 aliphatic rings. The predicted molar refractivity (Wildman–Crippen MR) is 120 cm³/mol. The lowest BCUT2D eigenvalue weighted by Gasteiger charge is -2.25. The molecular weight excluding hydrogens is 402 g/mol. The Kier molecular flexibility index (Phi) is 5.31. The van der Waals surface area contributed by atoms with Gasteiger partial charge in [-0.25, -0.2) is 4.68 Å². The number of hydrogen-bond acceptors (Lipinski definition) is 5. The van der Waals surface area contributed by atoms with Gasteiger partial charge in [-0.15, -0.1) is 10.2 Å². The minimum Gasteiger partial charge on any atom is -0.419 e. The molecular formula is C25H25N5O2. The Morgan fingerprint density at radius 3 is 2.41 bits per heavy atom. The Bertz CT molecular complexity index is 1210. The molecule has 0 radical (unpaired) electrons. The summed E-state index contributed by atoms with van der Waals surface area (Å²) in [5.41, 5.74) is 3.25. The van der Waals surface area contributed by atoms with Crippen LogP contribution in [0.15, 0.2) is 71.1 Å². The predicted octanol–water partition coefficient (Wildman–Crippen LogP) is 4.85. The zero-order valence-electron chi connectivity index (χ0n) is 18.2. The highest BCUT2D eigenvalue weighted by molar-refractivity contribution is 5.93. The van der Waals surface area contributed by atoms with Crippen LogP contribution in [-0.2, 0) is 6.54 Å². The Balaban J connectivity index is 1.45. The van der Waals surface area contributed by atoms with Gasteiger partial charge in [0.1, 0.15) is 5.69 Å². The first-order chi connectivity index (χ1) is 15.6. The van der Waals surface area contributed by atoms with Gasteiger partial charge in [-0.05, 0) is 57.0 Å². The third kappa shape index (κ3) is 4.06. The van der Waals surface area contributed by atoms with Gasteiger partial charge in [-0.1, -0.05) is 36.4 Å². The minimum absolute atomic E-state index is 0.0573. The first-order valence-electron chi connectivity index (χ1n) is 10.9. The summed E-state index contributed by atoms with van der Waals surface area (Å²) in [4.78, 5) is 15.4. The number of carbonyl (C=O) groups is 1. The maximum Gasteiger partial charge on any atom is 0.273 e. The Morgan fingerprint density at radius 2 is 1.75 bits per heavy atom.